The van der Waals surface area contributed by atoms with Crippen molar-refractivity contribution in [2.45, 2.75) is 6.92 Å². The Bertz CT molecular complexity index is 1490. The van der Waals surface area contributed by atoms with Crippen molar-refractivity contribution in [1.29, 1.82) is 0 Å². The third-order valence-corrected chi connectivity index (χ3v) is 5.06. The van der Waals surface area contributed by atoms with Crippen molar-refractivity contribution in [3.05, 3.63) is 72.6 Å². The van der Waals surface area contributed by atoms with E-state index < -0.39 is 5.91 Å². The molecular formula is C27H22N4O5. The van der Waals surface area contributed by atoms with Crippen LogP contribution < -0.4 is 24.8 Å². The molecule has 0 aliphatic rings. The molecule has 0 bridgehead atoms. The maximum absolute atomic E-state index is 12.6. The molecule has 0 fully saturated rings. The summed E-state index contributed by atoms with van der Waals surface area (Å²) in [6.07, 6.45) is 3.16. The summed E-state index contributed by atoms with van der Waals surface area (Å²) in [6.45, 7) is 1.58. The first-order chi connectivity index (χ1) is 17.5. The third kappa shape index (κ3) is 5.51. The minimum atomic E-state index is -0.459. The molecule has 2 aromatic heterocycles. The standard InChI is InChI=1S/C27H22N4O5/c1-4-5-26(32)30-22-15-20-21(16-24(22)35-3)28-13-11-23(20)36-18-8-6-17(7-9-18)27(33)31-25-14-19(34-2)10-12-29-25/h6-16H,1-3H3,(H,30,32)(H,29,31,33). The SMILES string of the molecule is CC#CC(=O)Nc1cc2c(Oc3ccc(C(=O)Nc4cc(OC)ccn4)cc3)ccnc2cc1OC. The second-order valence-electron chi connectivity index (χ2n) is 7.37. The van der Waals surface area contributed by atoms with Crippen molar-refractivity contribution < 1.29 is 23.8 Å². The molecule has 2 aromatic carbocycles. The van der Waals surface area contributed by atoms with E-state index in [0.29, 0.717) is 51.0 Å². The maximum atomic E-state index is 12.6. The number of rotatable bonds is 7. The van der Waals surface area contributed by atoms with E-state index in [1.165, 1.54) is 7.11 Å². The van der Waals surface area contributed by atoms with Crippen LogP contribution in [0.4, 0.5) is 11.5 Å². The fraction of sp³-hybridized carbons (Fsp3) is 0.111. The highest BCUT2D eigenvalue weighted by Gasteiger charge is 2.13. The van der Waals surface area contributed by atoms with E-state index in [-0.39, 0.29) is 5.91 Å². The fourth-order valence-electron chi connectivity index (χ4n) is 3.37. The lowest BCUT2D eigenvalue weighted by Crippen LogP contribution is -2.12. The van der Waals surface area contributed by atoms with Crippen LogP contribution in [0.2, 0.25) is 0 Å². The molecule has 0 unspecified atom stereocenters. The summed E-state index contributed by atoms with van der Waals surface area (Å²) in [4.78, 5) is 33.1. The number of nitrogens with one attached hydrogen (secondary N) is 2. The monoisotopic (exact) mass is 482 g/mol. The van der Waals surface area contributed by atoms with Crippen LogP contribution >= 0.6 is 0 Å². The molecule has 0 saturated carbocycles. The first kappa shape index (κ1) is 24.0. The van der Waals surface area contributed by atoms with Crippen molar-refractivity contribution in [3.63, 3.8) is 0 Å². The molecule has 0 spiro atoms. The minimum absolute atomic E-state index is 0.320. The van der Waals surface area contributed by atoms with Gasteiger partial charge in [0.2, 0.25) is 0 Å². The number of methoxy groups -OCH3 is 2. The second-order valence-corrected chi connectivity index (χ2v) is 7.37. The summed E-state index contributed by atoms with van der Waals surface area (Å²) in [5.41, 5.74) is 1.48. The molecule has 0 radical (unpaired) electrons. The summed E-state index contributed by atoms with van der Waals surface area (Å²) in [5.74, 6) is 6.66. The molecule has 0 aliphatic heterocycles. The van der Waals surface area contributed by atoms with Crippen LogP contribution in [0.15, 0.2) is 67.0 Å². The Hall–Kier alpha value is -5.10. The van der Waals surface area contributed by atoms with Gasteiger partial charge >= 0.3 is 0 Å². The Morgan fingerprint density at radius 2 is 1.61 bits per heavy atom. The topological polar surface area (TPSA) is 112 Å². The first-order valence-corrected chi connectivity index (χ1v) is 10.8. The van der Waals surface area contributed by atoms with E-state index in [1.54, 1.807) is 81.0 Å². The Kier molecular flexibility index (Phi) is 7.27. The van der Waals surface area contributed by atoms with Gasteiger partial charge in [0.05, 0.1) is 25.4 Å². The number of benzene rings is 2. The van der Waals surface area contributed by atoms with Crippen molar-refractivity contribution in [1.82, 2.24) is 9.97 Å². The van der Waals surface area contributed by atoms with Crippen molar-refractivity contribution in [3.8, 4) is 34.8 Å². The zero-order valence-corrected chi connectivity index (χ0v) is 19.8. The van der Waals surface area contributed by atoms with Crippen molar-refractivity contribution in [2.75, 3.05) is 24.9 Å². The van der Waals surface area contributed by atoms with Crippen molar-refractivity contribution >= 4 is 34.2 Å². The predicted octanol–water partition coefficient (Wildman–Crippen LogP) is 4.65. The van der Waals surface area contributed by atoms with Crippen LogP contribution in [0.25, 0.3) is 10.9 Å². The lowest BCUT2D eigenvalue weighted by Gasteiger charge is -2.13. The first-order valence-electron chi connectivity index (χ1n) is 10.8. The molecule has 2 N–H and O–H groups in total. The molecule has 2 heterocycles. The maximum Gasteiger partial charge on any atom is 0.300 e. The molecule has 2 amide bonds. The van der Waals surface area contributed by atoms with Crippen LogP contribution in [0.5, 0.6) is 23.0 Å². The van der Waals surface area contributed by atoms with Crippen molar-refractivity contribution in [2.24, 2.45) is 0 Å². The number of amides is 2. The number of fused-ring (bicyclic) bond motifs is 1. The Balaban J connectivity index is 1.55. The summed E-state index contributed by atoms with van der Waals surface area (Å²) < 4.78 is 16.6. The van der Waals surface area contributed by atoms with Crippen LogP contribution in [0.1, 0.15) is 17.3 Å². The van der Waals surface area contributed by atoms with Crippen LogP contribution in [0.3, 0.4) is 0 Å². The van der Waals surface area contributed by atoms with E-state index in [1.807, 2.05) is 0 Å². The second kappa shape index (κ2) is 10.9. The highest BCUT2D eigenvalue weighted by atomic mass is 16.5. The van der Waals surface area contributed by atoms with Gasteiger partial charge in [-0.05, 0) is 55.3 Å². The number of ether oxygens (including phenoxy) is 3. The molecule has 0 atom stereocenters. The van der Waals surface area contributed by atoms with E-state index in [0.717, 1.165) is 0 Å². The summed E-state index contributed by atoms with van der Waals surface area (Å²) >= 11 is 0. The molecule has 180 valence electrons. The largest absolute Gasteiger partial charge is 0.497 e. The Labute approximate surface area is 207 Å². The Morgan fingerprint density at radius 1 is 0.833 bits per heavy atom. The highest BCUT2D eigenvalue weighted by molar-refractivity contribution is 6.06. The molecule has 4 rings (SSSR count). The molecule has 4 aromatic rings. The number of carbonyl (C=O) groups is 2. The molecular weight excluding hydrogens is 460 g/mol. The molecule has 36 heavy (non-hydrogen) atoms. The molecule has 0 aliphatic carbocycles. The molecule has 9 heteroatoms. The number of carbonyl (C=O) groups excluding carboxylic acids is 2. The van der Waals surface area contributed by atoms with Gasteiger partial charge in [-0.2, -0.15) is 0 Å². The average Bonchev–Trinajstić information content (AvgIpc) is 2.89. The van der Waals surface area contributed by atoms with Gasteiger partial charge in [0.25, 0.3) is 11.8 Å². The minimum Gasteiger partial charge on any atom is -0.497 e. The van der Waals surface area contributed by atoms with Gasteiger partial charge in [-0.3, -0.25) is 14.6 Å². The summed E-state index contributed by atoms with van der Waals surface area (Å²) in [6, 6.07) is 15.1. The Morgan fingerprint density at radius 3 is 2.33 bits per heavy atom. The average molecular weight is 482 g/mol. The lowest BCUT2D eigenvalue weighted by molar-refractivity contribution is -0.111. The van der Waals surface area contributed by atoms with Gasteiger partial charge in [0.15, 0.2) is 0 Å². The quantitative estimate of drug-likeness (QED) is 0.369. The highest BCUT2D eigenvalue weighted by Crippen LogP contribution is 2.35. The summed E-state index contributed by atoms with van der Waals surface area (Å²) in [5, 5.41) is 6.10. The summed E-state index contributed by atoms with van der Waals surface area (Å²) in [7, 11) is 3.05. The van der Waals surface area contributed by atoms with Gasteiger partial charge in [0.1, 0.15) is 28.8 Å². The van der Waals surface area contributed by atoms with Gasteiger partial charge in [-0.1, -0.05) is 5.92 Å². The normalized spacial score (nSPS) is 10.1. The van der Waals surface area contributed by atoms with Gasteiger partial charge in [-0.15, -0.1) is 0 Å². The van der Waals surface area contributed by atoms with E-state index >= 15 is 0 Å². The zero-order valence-electron chi connectivity index (χ0n) is 19.8. The fourth-order valence-corrected chi connectivity index (χ4v) is 3.37. The van der Waals surface area contributed by atoms with Gasteiger partial charge < -0.3 is 24.8 Å². The number of hydrogen-bond acceptors (Lipinski definition) is 7. The van der Waals surface area contributed by atoms with Gasteiger partial charge in [-0.25, -0.2) is 4.98 Å². The van der Waals surface area contributed by atoms with Crippen LogP contribution in [-0.2, 0) is 4.79 Å². The zero-order chi connectivity index (χ0) is 25.5. The molecule has 9 nitrogen and oxygen atoms in total. The number of nitrogens with zero attached hydrogens (tertiary/aromatic N) is 2. The smallest absolute Gasteiger partial charge is 0.300 e. The van der Waals surface area contributed by atoms with Crippen LogP contribution in [0, 0.1) is 11.8 Å². The number of pyridine rings is 2. The number of aromatic nitrogens is 2. The van der Waals surface area contributed by atoms with E-state index in [2.05, 4.69) is 32.4 Å². The predicted molar refractivity (Wildman–Crippen MR) is 136 cm³/mol. The van der Waals surface area contributed by atoms with E-state index in [4.69, 9.17) is 14.2 Å². The number of anilines is 2. The van der Waals surface area contributed by atoms with Gasteiger partial charge in [0, 0.05) is 35.5 Å². The molecule has 0 saturated heterocycles. The lowest BCUT2D eigenvalue weighted by atomic mass is 10.1. The van der Waals surface area contributed by atoms with Crippen LogP contribution in [-0.4, -0.2) is 36.0 Å². The number of hydrogen-bond donors (Lipinski definition) is 2. The third-order valence-electron chi connectivity index (χ3n) is 5.06. The van der Waals surface area contributed by atoms with E-state index in [9.17, 15) is 9.59 Å².